The third-order valence-corrected chi connectivity index (χ3v) is 2.11. The van der Waals surface area contributed by atoms with Gasteiger partial charge in [0.2, 0.25) is 5.60 Å². The minimum Gasteiger partial charge on any atom is -0.463 e. The summed E-state index contributed by atoms with van der Waals surface area (Å²) in [5.74, 6) is -0.858. The van der Waals surface area contributed by atoms with Gasteiger partial charge in [-0.05, 0) is 12.8 Å². The average molecular weight is 205 g/mol. The van der Waals surface area contributed by atoms with Crippen LogP contribution in [0.2, 0.25) is 0 Å². The van der Waals surface area contributed by atoms with Gasteiger partial charge < -0.3 is 20.7 Å². The van der Waals surface area contributed by atoms with Crippen LogP contribution in [0.15, 0.2) is 0 Å². The largest absolute Gasteiger partial charge is 0.463 e. The number of esters is 1. The van der Waals surface area contributed by atoms with Crippen LogP contribution in [-0.2, 0) is 9.53 Å². The molecule has 0 aromatic rings. The van der Waals surface area contributed by atoms with Gasteiger partial charge in [0.25, 0.3) is 0 Å². The molecule has 0 bridgehead atoms. The number of hydrogen-bond acceptors (Lipinski definition) is 5. The Kier molecular flexibility index (Phi) is 5.68. The Morgan fingerprint density at radius 2 is 2.14 bits per heavy atom. The molecule has 0 saturated carbocycles. The van der Waals surface area contributed by atoms with Crippen LogP contribution in [0.4, 0.5) is 0 Å². The van der Waals surface area contributed by atoms with Gasteiger partial charge in [0, 0.05) is 0 Å². The summed E-state index contributed by atoms with van der Waals surface area (Å²) in [5.41, 5.74) is 3.11. The predicted molar refractivity (Wildman–Crippen MR) is 51.3 cm³/mol. The molecule has 0 spiro atoms. The first-order valence-electron chi connectivity index (χ1n) is 4.82. The number of aliphatic hydroxyl groups is 2. The Hall–Kier alpha value is -0.650. The second-order valence-corrected chi connectivity index (χ2v) is 3.21. The van der Waals surface area contributed by atoms with Gasteiger partial charge in [-0.3, -0.25) is 0 Å². The van der Waals surface area contributed by atoms with Crippen molar-refractivity contribution < 1.29 is 19.7 Å². The fourth-order valence-corrected chi connectivity index (χ4v) is 0.908. The van der Waals surface area contributed by atoms with Crippen LogP contribution in [-0.4, -0.2) is 34.6 Å². The standard InChI is InChI=1S/C9H19NO4/c1-3-5-6-14-8(12)9(13,4-2)7(10)11/h7,11,13H,3-6,10H2,1-2H3. The molecule has 2 unspecified atom stereocenters. The molecule has 0 aliphatic rings. The minimum absolute atomic E-state index is 0.0234. The topological polar surface area (TPSA) is 92.8 Å². The number of aliphatic hydroxyl groups excluding tert-OH is 1. The molecule has 0 amide bonds. The molecule has 0 aliphatic carbocycles. The molecule has 5 heteroatoms. The van der Waals surface area contributed by atoms with Crippen molar-refractivity contribution in [3.05, 3.63) is 0 Å². The van der Waals surface area contributed by atoms with E-state index in [1.807, 2.05) is 6.92 Å². The van der Waals surface area contributed by atoms with Gasteiger partial charge in [0.05, 0.1) is 6.61 Å². The number of hydrogen-bond donors (Lipinski definition) is 3. The normalized spacial score (nSPS) is 17.2. The van der Waals surface area contributed by atoms with E-state index < -0.39 is 17.8 Å². The molecule has 0 heterocycles. The fourth-order valence-electron chi connectivity index (χ4n) is 0.908. The van der Waals surface area contributed by atoms with E-state index in [1.54, 1.807) is 6.92 Å². The smallest absolute Gasteiger partial charge is 0.342 e. The van der Waals surface area contributed by atoms with Crippen molar-refractivity contribution in [2.24, 2.45) is 5.73 Å². The van der Waals surface area contributed by atoms with E-state index in [-0.39, 0.29) is 13.0 Å². The van der Waals surface area contributed by atoms with Gasteiger partial charge in [-0.1, -0.05) is 20.3 Å². The molecule has 2 atom stereocenters. The van der Waals surface area contributed by atoms with Crippen LogP contribution in [0.5, 0.6) is 0 Å². The van der Waals surface area contributed by atoms with E-state index in [4.69, 9.17) is 15.6 Å². The van der Waals surface area contributed by atoms with Crippen molar-refractivity contribution in [1.82, 2.24) is 0 Å². The van der Waals surface area contributed by atoms with Crippen LogP contribution in [0.1, 0.15) is 33.1 Å². The van der Waals surface area contributed by atoms with Crippen molar-refractivity contribution in [3.63, 3.8) is 0 Å². The first kappa shape index (κ1) is 13.4. The first-order chi connectivity index (χ1) is 6.49. The average Bonchev–Trinajstić information content (AvgIpc) is 2.16. The highest BCUT2D eigenvalue weighted by atomic mass is 16.6. The Bertz CT molecular complexity index is 184. The van der Waals surface area contributed by atoms with Crippen molar-refractivity contribution in [3.8, 4) is 0 Å². The van der Waals surface area contributed by atoms with Crippen LogP contribution < -0.4 is 5.73 Å². The lowest BCUT2D eigenvalue weighted by atomic mass is 9.99. The molecule has 4 N–H and O–H groups in total. The van der Waals surface area contributed by atoms with Gasteiger partial charge in [-0.25, -0.2) is 4.79 Å². The molecule has 0 radical (unpaired) electrons. The molecule has 5 nitrogen and oxygen atoms in total. The number of unbranched alkanes of at least 4 members (excludes halogenated alkanes) is 1. The molecule has 0 aromatic heterocycles. The van der Waals surface area contributed by atoms with Crippen LogP contribution in [0, 0.1) is 0 Å². The maximum atomic E-state index is 11.3. The zero-order valence-corrected chi connectivity index (χ0v) is 8.69. The van der Waals surface area contributed by atoms with Gasteiger partial charge in [-0.2, -0.15) is 0 Å². The maximum absolute atomic E-state index is 11.3. The van der Waals surface area contributed by atoms with E-state index >= 15 is 0 Å². The highest BCUT2D eigenvalue weighted by molar-refractivity contribution is 5.79. The lowest BCUT2D eigenvalue weighted by molar-refractivity contribution is -0.178. The zero-order chi connectivity index (χ0) is 11.2. The summed E-state index contributed by atoms with van der Waals surface area (Å²) in [7, 11) is 0. The molecule has 0 fully saturated rings. The van der Waals surface area contributed by atoms with Gasteiger partial charge in [0.1, 0.15) is 6.23 Å². The van der Waals surface area contributed by atoms with Crippen LogP contribution in [0.3, 0.4) is 0 Å². The number of rotatable bonds is 6. The third-order valence-electron chi connectivity index (χ3n) is 2.11. The quantitative estimate of drug-likeness (QED) is 0.316. The van der Waals surface area contributed by atoms with Crippen molar-refractivity contribution in [1.29, 1.82) is 0 Å². The van der Waals surface area contributed by atoms with E-state index in [1.165, 1.54) is 0 Å². The summed E-state index contributed by atoms with van der Waals surface area (Å²) in [6.45, 7) is 3.75. The Balaban J connectivity index is 4.18. The summed E-state index contributed by atoms with van der Waals surface area (Å²) < 4.78 is 4.77. The highest BCUT2D eigenvalue weighted by Gasteiger charge is 2.41. The SMILES string of the molecule is CCCCOC(=O)C(O)(CC)C(N)O. The van der Waals surface area contributed by atoms with Crippen molar-refractivity contribution in [2.75, 3.05) is 6.61 Å². The predicted octanol–water partition coefficient (Wildman–Crippen LogP) is -0.252. The lowest BCUT2D eigenvalue weighted by Gasteiger charge is -2.26. The maximum Gasteiger partial charge on any atom is 0.342 e. The molecule has 84 valence electrons. The monoisotopic (exact) mass is 205 g/mol. The molecule has 0 aliphatic heterocycles. The number of carbonyl (C=O) groups is 1. The summed E-state index contributed by atoms with van der Waals surface area (Å²) in [6.07, 6.45) is 0.0341. The Morgan fingerprint density at radius 1 is 1.57 bits per heavy atom. The molecular formula is C9H19NO4. The van der Waals surface area contributed by atoms with Crippen molar-refractivity contribution >= 4 is 5.97 Å². The number of ether oxygens (including phenoxy) is 1. The number of nitrogens with two attached hydrogens (primary N) is 1. The zero-order valence-electron chi connectivity index (χ0n) is 8.69. The third kappa shape index (κ3) is 3.25. The molecule has 14 heavy (non-hydrogen) atoms. The Labute approximate surface area is 83.9 Å². The summed E-state index contributed by atoms with van der Waals surface area (Å²) in [6, 6.07) is 0. The Morgan fingerprint density at radius 3 is 2.50 bits per heavy atom. The van der Waals surface area contributed by atoms with E-state index in [9.17, 15) is 9.90 Å². The second kappa shape index (κ2) is 5.95. The summed E-state index contributed by atoms with van der Waals surface area (Å²) in [4.78, 5) is 11.3. The molecule has 0 saturated heterocycles. The van der Waals surface area contributed by atoms with E-state index in [0.717, 1.165) is 12.8 Å². The first-order valence-corrected chi connectivity index (χ1v) is 4.82. The lowest BCUT2D eigenvalue weighted by Crippen LogP contribution is -2.54. The molecule has 0 rings (SSSR count). The fraction of sp³-hybridized carbons (Fsp3) is 0.889. The van der Waals surface area contributed by atoms with Crippen LogP contribution in [0.25, 0.3) is 0 Å². The second-order valence-electron chi connectivity index (χ2n) is 3.21. The van der Waals surface area contributed by atoms with Gasteiger partial charge in [0.15, 0.2) is 0 Å². The summed E-state index contributed by atoms with van der Waals surface area (Å²) >= 11 is 0. The van der Waals surface area contributed by atoms with Crippen LogP contribution >= 0.6 is 0 Å². The summed E-state index contributed by atoms with van der Waals surface area (Å²) in [5, 5.41) is 18.6. The highest BCUT2D eigenvalue weighted by Crippen LogP contribution is 2.14. The minimum atomic E-state index is -1.98. The van der Waals surface area contributed by atoms with Crippen molar-refractivity contribution in [2.45, 2.75) is 44.9 Å². The van der Waals surface area contributed by atoms with E-state index in [0.29, 0.717) is 0 Å². The molecule has 0 aromatic carbocycles. The van der Waals surface area contributed by atoms with Gasteiger partial charge >= 0.3 is 5.97 Å². The molecular weight excluding hydrogens is 186 g/mol. The van der Waals surface area contributed by atoms with E-state index in [2.05, 4.69) is 0 Å². The van der Waals surface area contributed by atoms with Gasteiger partial charge in [-0.15, -0.1) is 0 Å². The number of carbonyl (C=O) groups excluding carboxylic acids is 1.